The number of carbonyl (C=O) groups is 1. The molecule has 0 saturated heterocycles. The molecule has 0 saturated carbocycles. The maximum atomic E-state index is 11.6. The molecule has 0 radical (unpaired) electrons. The number of carbonyl (C=O) groups excluding carboxylic acids is 1. The van der Waals surface area contributed by atoms with Crippen LogP contribution in [0.15, 0.2) is 12.1 Å². The normalized spacial score (nSPS) is 10.5. The van der Waals surface area contributed by atoms with Gasteiger partial charge in [0.25, 0.3) is 0 Å². The summed E-state index contributed by atoms with van der Waals surface area (Å²) in [5, 5.41) is 0. The van der Waals surface area contributed by atoms with Gasteiger partial charge in [-0.3, -0.25) is 4.79 Å². The summed E-state index contributed by atoms with van der Waals surface area (Å²) in [6, 6.07) is 4.39. The lowest BCUT2D eigenvalue weighted by molar-refractivity contribution is -0.129. The van der Waals surface area contributed by atoms with Gasteiger partial charge >= 0.3 is 0 Å². The topological polar surface area (TPSA) is 20.3 Å². The second kappa shape index (κ2) is 6.79. The highest BCUT2D eigenvalue weighted by Gasteiger charge is 2.10. The van der Waals surface area contributed by atoms with Crippen LogP contribution in [-0.2, 0) is 11.2 Å². The third kappa shape index (κ3) is 4.02. The molecule has 0 bridgehead atoms. The van der Waals surface area contributed by atoms with E-state index in [1.807, 2.05) is 7.05 Å². The van der Waals surface area contributed by atoms with E-state index in [0.29, 0.717) is 12.3 Å². The second-order valence-corrected chi connectivity index (χ2v) is 5.26. The molecule has 3 heteroatoms. The van der Waals surface area contributed by atoms with Crippen molar-refractivity contribution in [2.75, 3.05) is 19.5 Å². The molecule has 0 aliphatic heterocycles. The molecule has 0 spiro atoms. The minimum absolute atomic E-state index is 0.118. The molecule has 1 rings (SSSR count). The SMILES string of the molecule is Cc1cc(C)c(CCN(C)C(=O)CCCl)c(C)c1. The van der Waals surface area contributed by atoms with Crippen molar-refractivity contribution >= 4 is 17.5 Å². The molecule has 100 valence electrons. The molecule has 18 heavy (non-hydrogen) atoms. The Morgan fingerprint density at radius 1 is 1.22 bits per heavy atom. The van der Waals surface area contributed by atoms with E-state index >= 15 is 0 Å². The van der Waals surface area contributed by atoms with Gasteiger partial charge in [0.2, 0.25) is 5.91 Å². The largest absolute Gasteiger partial charge is 0.345 e. The van der Waals surface area contributed by atoms with Gasteiger partial charge in [0, 0.05) is 25.9 Å². The summed E-state index contributed by atoms with van der Waals surface area (Å²) in [6.07, 6.45) is 1.33. The summed E-state index contributed by atoms with van der Waals surface area (Å²) in [5.41, 5.74) is 5.27. The molecule has 0 unspecified atom stereocenters. The Balaban J connectivity index is 2.66. The number of amides is 1. The lowest BCUT2D eigenvalue weighted by atomic mass is 9.97. The summed E-state index contributed by atoms with van der Waals surface area (Å²) in [4.78, 5) is 13.4. The fourth-order valence-corrected chi connectivity index (χ4v) is 2.44. The number of hydrogen-bond acceptors (Lipinski definition) is 1. The maximum Gasteiger partial charge on any atom is 0.223 e. The fraction of sp³-hybridized carbons (Fsp3) is 0.533. The molecular formula is C15H22ClNO. The Labute approximate surface area is 115 Å². The third-order valence-electron chi connectivity index (χ3n) is 3.27. The number of halogens is 1. The average molecular weight is 268 g/mol. The Morgan fingerprint density at radius 2 is 1.78 bits per heavy atom. The van der Waals surface area contributed by atoms with Gasteiger partial charge in [0.1, 0.15) is 0 Å². The number of likely N-dealkylation sites (N-methyl/N-ethyl adjacent to an activating group) is 1. The minimum atomic E-state index is 0.118. The zero-order chi connectivity index (χ0) is 13.7. The number of hydrogen-bond donors (Lipinski definition) is 0. The van der Waals surface area contributed by atoms with Crippen LogP contribution in [0.1, 0.15) is 28.7 Å². The predicted octanol–water partition coefficient (Wildman–Crippen LogP) is 3.24. The Morgan fingerprint density at radius 3 is 2.28 bits per heavy atom. The van der Waals surface area contributed by atoms with Gasteiger partial charge in [0.15, 0.2) is 0 Å². The monoisotopic (exact) mass is 267 g/mol. The van der Waals surface area contributed by atoms with E-state index in [0.717, 1.165) is 13.0 Å². The van der Waals surface area contributed by atoms with Gasteiger partial charge in [-0.15, -0.1) is 11.6 Å². The number of nitrogens with zero attached hydrogens (tertiary/aromatic N) is 1. The zero-order valence-corrected chi connectivity index (χ0v) is 12.5. The van der Waals surface area contributed by atoms with Crippen molar-refractivity contribution in [3.05, 3.63) is 34.4 Å². The van der Waals surface area contributed by atoms with E-state index in [4.69, 9.17) is 11.6 Å². The smallest absolute Gasteiger partial charge is 0.223 e. The first-order chi connectivity index (χ1) is 8.45. The Hall–Kier alpha value is -1.02. The fourth-order valence-electron chi connectivity index (χ4n) is 2.28. The van der Waals surface area contributed by atoms with Crippen LogP contribution in [0.5, 0.6) is 0 Å². The highest BCUT2D eigenvalue weighted by Crippen LogP contribution is 2.17. The van der Waals surface area contributed by atoms with Gasteiger partial charge in [0.05, 0.1) is 0 Å². The number of benzene rings is 1. The highest BCUT2D eigenvalue weighted by molar-refractivity contribution is 6.18. The van der Waals surface area contributed by atoms with Crippen molar-refractivity contribution < 1.29 is 4.79 Å². The van der Waals surface area contributed by atoms with E-state index in [1.165, 1.54) is 22.3 Å². The van der Waals surface area contributed by atoms with Crippen LogP contribution in [0.3, 0.4) is 0 Å². The summed E-state index contributed by atoms with van der Waals surface area (Å²) < 4.78 is 0. The number of aryl methyl sites for hydroxylation is 3. The van der Waals surface area contributed by atoms with Crippen molar-refractivity contribution in [1.29, 1.82) is 0 Å². The highest BCUT2D eigenvalue weighted by atomic mass is 35.5. The number of alkyl halides is 1. The lowest BCUT2D eigenvalue weighted by Crippen LogP contribution is -2.29. The summed E-state index contributed by atoms with van der Waals surface area (Å²) in [6.45, 7) is 7.13. The minimum Gasteiger partial charge on any atom is -0.345 e. The van der Waals surface area contributed by atoms with Crippen molar-refractivity contribution in [2.24, 2.45) is 0 Å². The van der Waals surface area contributed by atoms with Crippen molar-refractivity contribution in [1.82, 2.24) is 4.90 Å². The summed E-state index contributed by atoms with van der Waals surface area (Å²) in [7, 11) is 1.84. The molecule has 0 aliphatic rings. The summed E-state index contributed by atoms with van der Waals surface area (Å²) in [5.74, 6) is 0.513. The van der Waals surface area contributed by atoms with E-state index < -0.39 is 0 Å². The lowest BCUT2D eigenvalue weighted by Gasteiger charge is -2.18. The molecule has 1 aromatic rings. The molecule has 1 aromatic carbocycles. The van der Waals surface area contributed by atoms with Crippen LogP contribution in [0, 0.1) is 20.8 Å². The van der Waals surface area contributed by atoms with Crippen LogP contribution in [0.2, 0.25) is 0 Å². The van der Waals surface area contributed by atoms with Crippen molar-refractivity contribution in [3.63, 3.8) is 0 Å². The van der Waals surface area contributed by atoms with Gasteiger partial charge in [-0.25, -0.2) is 0 Å². The first kappa shape index (κ1) is 15.0. The van der Waals surface area contributed by atoms with Crippen LogP contribution >= 0.6 is 11.6 Å². The quantitative estimate of drug-likeness (QED) is 0.750. The molecule has 2 nitrogen and oxygen atoms in total. The first-order valence-corrected chi connectivity index (χ1v) is 6.85. The molecular weight excluding hydrogens is 246 g/mol. The van der Waals surface area contributed by atoms with Gasteiger partial charge < -0.3 is 4.90 Å². The molecule has 0 aliphatic carbocycles. The molecule has 0 aromatic heterocycles. The van der Waals surface area contributed by atoms with Crippen molar-refractivity contribution in [3.8, 4) is 0 Å². The van der Waals surface area contributed by atoms with Gasteiger partial charge in [-0.2, -0.15) is 0 Å². The molecule has 1 amide bonds. The van der Waals surface area contributed by atoms with E-state index in [1.54, 1.807) is 4.90 Å². The van der Waals surface area contributed by atoms with E-state index in [2.05, 4.69) is 32.9 Å². The Bertz CT molecular complexity index is 405. The van der Waals surface area contributed by atoms with Crippen molar-refractivity contribution in [2.45, 2.75) is 33.6 Å². The maximum absolute atomic E-state index is 11.6. The molecule has 0 heterocycles. The third-order valence-corrected chi connectivity index (χ3v) is 3.46. The van der Waals surface area contributed by atoms with Crippen LogP contribution in [-0.4, -0.2) is 30.3 Å². The van der Waals surface area contributed by atoms with Crippen LogP contribution in [0.4, 0.5) is 0 Å². The van der Waals surface area contributed by atoms with Crippen LogP contribution < -0.4 is 0 Å². The molecule has 0 fully saturated rings. The average Bonchev–Trinajstić information content (AvgIpc) is 2.27. The van der Waals surface area contributed by atoms with E-state index in [9.17, 15) is 4.79 Å². The molecule has 0 atom stereocenters. The van der Waals surface area contributed by atoms with Gasteiger partial charge in [-0.1, -0.05) is 17.7 Å². The Kier molecular flexibility index (Phi) is 5.67. The summed E-state index contributed by atoms with van der Waals surface area (Å²) >= 11 is 5.58. The van der Waals surface area contributed by atoms with Crippen LogP contribution in [0.25, 0.3) is 0 Å². The standard InChI is InChI=1S/C15H22ClNO/c1-11-9-12(2)14(13(3)10-11)6-8-17(4)15(18)5-7-16/h9-10H,5-8H2,1-4H3. The predicted molar refractivity (Wildman–Crippen MR) is 77.3 cm³/mol. The molecule has 0 N–H and O–H groups in total. The van der Waals surface area contributed by atoms with E-state index in [-0.39, 0.29) is 5.91 Å². The zero-order valence-electron chi connectivity index (χ0n) is 11.7. The number of rotatable bonds is 5. The second-order valence-electron chi connectivity index (χ2n) is 4.88. The first-order valence-electron chi connectivity index (χ1n) is 6.32. The van der Waals surface area contributed by atoms with Gasteiger partial charge in [-0.05, 0) is 43.9 Å².